The number of hydrogen-bond donors (Lipinski definition) is 2. The molecule has 0 radical (unpaired) electrons. The third kappa shape index (κ3) is 6.59. The second kappa shape index (κ2) is 11.4. The van der Waals surface area contributed by atoms with Gasteiger partial charge in [0.15, 0.2) is 0 Å². The Kier molecular flexibility index (Phi) is 9.98. The maximum Gasteiger partial charge on any atom is 0.320 e. The van der Waals surface area contributed by atoms with E-state index in [-0.39, 0.29) is 30.8 Å². The van der Waals surface area contributed by atoms with Crippen molar-refractivity contribution in [3.05, 3.63) is 58.3 Å². The molecule has 0 aliphatic carbocycles. The van der Waals surface area contributed by atoms with E-state index in [2.05, 4.69) is 15.6 Å². The maximum atomic E-state index is 12.6. The second-order valence-corrected chi connectivity index (χ2v) is 6.38. The highest BCUT2D eigenvalue weighted by Gasteiger charge is 2.24. The fourth-order valence-electron chi connectivity index (χ4n) is 2.51. The fourth-order valence-corrected chi connectivity index (χ4v) is 2.91. The van der Waals surface area contributed by atoms with E-state index in [1.807, 2.05) is 0 Å². The zero-order chi connectivity index (χ0) is 17.6. The van der Waals surface area contributed by atoms with E-state index in [4.69, 9.17) is 27.9 Å². The molecule has 1 fully saturated rings. The lowest BCUT2D eigenvalue weighted by Crippen LogP contribution is -2.51. The van der Waals surface area contributed by atoms with Gasteiger partial charge in [-0.3, -0.25) is 10.3 Å². The molecule has 6 nitrogen and oxygen atoms in total. The normalized spacial score (nSPS) is 14.4. The number of rotatable bonds is 4. The molecule has 1 aromatic carbocycles. The Balaban J connectivity index is 0.00000182. The zero-order valence-electron chi connectivity index (χ0n) is 14.2. The third-order valence-electron chi connectivity index (χ3n) is 3.79. The highest BCUT2D eigenvalue weighted by atomic mass is 35.5. The molecule has 0 bridgehead atoms. The lowest BCUT2D eigenvalue weighted by atomic mass is 10.2. The van der Waals surface area contributed by atoms with Gasteiger partial charge >= 0.3 is 6.03 Å². The van der Waals surface area contributed by atoms with E-state index >= 15 is 0 Å². The summed E-state index contributed by atoms with van der Waals surface area (Å²) in [4.78, 5) is 18.3. The first kappa shape index (κ1) is 23.6. The van der Waals surface area contributed by atoms with Gasteiger partial charge in [0.1, 0.15) is 5.75 Å². The van der Waals surface area contributed by atoms with Gasteiger partial charge in [0.25, 0.3) is 0 Å². The highest BCUT2D eigenvalue weighted by molar-refractivity contribution is 6.33. The van der Waals surface area contributed by atoms with Crippen LogP contribution in [0, 0.1) is 0 Å². The van der Waals surface area contributed by atoms with Gasteiger partial charge in [-0.2, -0.15) is 0 Å². The van der Waals surface area contributed by atoms with Crippen LogP contribution in [0.5, 0.6) is 5.75 Å². The molecule has 2 N–H and O–H groups in total. The fraction of sp³-hybridized carbons (Fsp3) is 0.294. The summed E-state index contributed by atoms with van der Waals surface area (Å²) < 4.78 is 5.92. The van der Waals surface area contributed by atoms with Crippen LogP contribution in [-0.2, 0) is 0 Å². The van der Waals surface area contributed by atoms with Gasteiger partial charge in [0.05, 0.1) is 6.20 Å². The van der Waals surface area contributed by atoms with E-state index in [0.717, 1.165) is 13.1 Å². The molecular formula is C17H20Cl4N4O2. The Hall–Kier alpha value is -1.44. The smallest absolute Gasteiger partial charge is 0.320 e. The summed E-state index contributed by atoms with van der Waals surface area (Å²) in [6.45, 7) is 2.79. The van der Waals surface area contributed by atoms with Crippen molar-refractivity contribution in [3.63, 3.8) is 0 Å². The first-order chi connectivity index (χ1) is 12.1. The average molecular weight is 454 g/mol. The van der Waals surface area contributed by atoms with E-state index in [1.54, 1.807) is 47.6 Å². The average Bonchev–Trinajstić information content (AvgIpc) is 2.65. The van der Waals surface area contributed by atoms with E-state index < -0.39 is 6.23 Å². The number of pyridine rings is 1. The van der Waals surface area contributed by atoms with Gasteiger partial charge < -0.3 is 15.0 Å². The molecule has 1 aliphatic heterocycles. The van der Waals surface area contributed by atoms with Crippen molar-refractivity contribution < 1.29 is 9.53 Å². The number of nitrogens with zero attached hydrogens (tertiary/aromatic N) is 2. The lowest BCUT2D eigenvalue weighted by Gasteiger charge is -2.30. The van der Waals surface area contributed by atoms with Crippen LogP contribution in [-0.4, -0.2) is 42.1 Å². The van der Waals surface area contributed by atoms with Crippen LogP contribution in [0.4, 0.5) is 4.79 Å². The van der Waals surface area contributed by atoms with Crippen molar-refractivity contribution in [3.8, 4) is 5.75 Å². The quantitative estimate of drug-likeness (QED) is 0.688. The van der Waals surface area contributed by atoms with Gasteiger partial charge in [-0.1, -0.05) is 23.2 Å². The van der Waals surface area contributed by atoms with Crippen molar-refractivity contribution in [2.24, 2.45) is 0 Å². The minimum absolute atomic E-state index is 0. The van der Waals surface area contributed by atoms with Gasteiger partial charge in [-0.05, 0) is 30.3 Å². The van der Waals surface area contributed by atoms with E-state index in [1.165, 1.54) is 0 Å². The van der Waals surface area contributed by atoms with E-state index in [9.17, 15) is 4.79 Å². The molecule has 1 aromatic heterocycles. The number of hydrogen-bond acceptors (Lipinski definition) is 4. The number of benzene rings is 1. The second-order valence-electron chi connectivity index (χ2n) is 5.54. The lowest BCUT2D eigenvalue weighted by molar-refractivity contribution is 0.140. The predicted molar refractivity (Wildman–Crippen MR) is 112 cm³/mol. The molecule has 1 atom stereocenters. The van der Waals surface area contributed by atoms with Crippen molar-refractivity contribution in [1.82, 2.24) is 20.5 Å². The molecule has 1 unspecified atom stereocenters. The predicted octanol–water partition coefficient (Wildman–Crippen LogP) is 3.92. The van der Waals surface area contributed by atoms with Crippen LogP contribution in [0.15, 0.2) is 42.7 Å². The topological polar surface area (TPSA) is 66.5 Å². The zero-order valence-corrected chi connectivity index (χ0v) is 17.4. The molecule has 1 saturated heterocycles. The van der Waals surface area contributed by atoms with Crippen molar-refractivity contribution in [1.29, 1.82) is 0 Å². The Labute approximate surface area is 180 Å². The van der Waals surface area contributed by atoms with Gasteiger partial charge in [0.2, 0.25) is 6.23 Å². The van der Waals surface area contributed by atoms with Gasteiger partial charge in [-0.25, -0.2) is 4.79 Å². The third-order valence-corrected chi connectivity index (χ3v) is 4.37. The molecule has 0 spiro atoms. The summed E-state index contributed by atoms with van der Waals surface area (Å²) in [5, 5.41) is 7.06. The van der Waals surface area contributed by atoms with Crippen molar-refractivity contribution in [2.75, 3.05) is 26.2 Å². The Morgan fingerprint density at radius 3 is 2.63 bits per heavy atom. The van der Waals surface area contributed by atoms with Crippen LogP contribution < -0.4 is 15.4 Å². The maximum absolute atomic E-state index is 12.6. The Bertz CT molecular complexity index is 730. The van der Waals surface area contributed by atoms with Crippen LogP contribution in [0.25, 0.3) is 0 Å². The first-order valence-corrected chi connectivity index (χ1v) is 8.67. The largest absolute Gasteiger partial charge is 0.465 e. The molecule has 2 aromatic rings. The molecule has 10 heteroatoms. The summed E-state index contributed by atoms with van der Waals surface area (Å²) in [6, 6.07) is 8.34. The molecular weight excluding hydrogens is 434 g/mol. The minimum Gasteiger partial charge on any atom is -0.465 e. The number of ether oxygens (including phenoxy) is 1. The van der Waals surface area contributed by atoms with Gasteiger partial charge in [0, 0.05) is 48.0 Å². The first-order valence-electron chi connectivity index (χ1n) is 7.91. The summed E-state index contributed by atoms with van der Waals surface area (Å²) in [5.41, 5.74) is 0.585. The van der Waals surface area contributed by atoms with Gasteiger partial charge in [-0.15, -0.1) is 24.8 Å². The Morgan fingerprint density at radius 2 is 1.96 bits per heavy atom. The number of urea groups is 1. The van der Waals surface area contributed by atoms with Crippen LogP contribution in [0.3, 0.4) is 0 Å². The SMILES string of the molecule is Cl.Cl.O=C(NC(Oc1cccnc1)c1cc(Cl)ccc1Cl)N1CCNCC1. The number of piperazine rings is 1. The summed E-state index contributed by atoms with van der Waals surface area (Å²) in [6.07, 6.45) is 2.44. The standard InChI is InChI=1S/C17H18Cl2N4O2.2ClH/c18-12-3-4-15(19)14(10-12)16(25-13-2-1-5-21-11-13)22-17(24)23-8-6-20-7-9-23;;/h1-5,10-11,16,20H,6-9H2,(H,22,24);2*1H. The molecule has 3 rings (SSSR count). The highest BCUT2D eigenvalue weighted by Crippen LogP contribution is 2.28. The Morgan fingerprint density at radius 1 is 1.22 bits per heavy atom. The van der Waals surface area contributed by atoms with Crippen LogP contribution in [0.1, 0.15) is 11.8 Å². The number of nitrogens with one attached hydrogen (secondary N) is 2. The number of aromatic nitrogens is 1. The molecule has 2 amide bonds. The molecule has 1 aliphatic rings. The van der Waals surface area contributed by atoms with Crippen LogP contribution in [0.2, 0.25) is 10.0 Å². The summed E-state index contributed by atoms with van der Waals surface area (Å²) in [5.74, 6) is 0.518. The number of amides is 2. The molecule has 0 saturated carbocycles. The van der Waals surface area contributed by atoms with E-state index in [0.29, 0.717) is 34.4 Å². The molecule has 148 valence electrons. The summed E-state index contributed by atoms with van der Waals surface area (Å²) in [7, 11) is 0. The number of halogens is 4. The number of carbonyl (C=O) groups is 1. The summed E-state index contributed by atoms with van der Waals surface area (Å²) >= 11 is 12.4. The monoisotopic (exact) mass is 452 g/mol. The van der Waals surface area contributed by atoms with Crippen molar-refractivity contribution >= 4 is 54.0 Å². The van der Waals surface area contributed by atoms with Crippen molar-refractivity contribution in [2.45, 2.75) is 6.23 Å². The number of carbonyl (C=O) groups excluding carboxylic acids is 1. The molecule has 2 heterocycles. The minimum atomic E-state index is -0.780. The molecule has 27 heavy (non-hydrogen) atoms. The van der Waals surface area contributed by atoms with Crippen LogP contribution >= 0.6 is 48.0 Å².